The minimum absolute atomic E-state index is 0.153. The number of anilines is 2. The van der Waals surface area contributed by atoms with Crippen molar-refractivity contribution in [1.82, 2.24) is 4.98 Å². The molecule has 0 radical (unpaired) electrons. The molecular formula is C22H23N3O6S2. The van der Waals surface area contributed by atoms with Crippen molar-refractivity contribution in [1.29, 1.82) is 0 Å². The summed E-state index contributed by atoms with van der Waals surface area (Å²) in [7, 11) is -4.53. The number of rotatable bonds is 10. The van der Waals surface area contributed by atoms with Crippen molar-refractivity contribution in [2.24, 2.45) is 0 Å². The fourth-order valence-electron chi connectivity index (χ4n) is 3.15. The molecule has 0 saturated heterocycles. The van der Waals surface area contributed by atoms with Crippen LogP contribution in [0.1, 0.15) is 39.8 Å². The van der Waals surface area contributed by atoms with Gasteiger partial charge in [-0.15, -0.1) is 11.3 Å². The first-order valence-electron chi connectivity index (χ1n) is 10.1. The summed E-state index contributed by atoms with van der Waals surface area (Å²) in [5, 5.41) is 14.9. The molecule has 1 amide bonds. The minimum atomic E-state index is -4.53. The van der Waals surface area contributed by atoms with Crippen LogP contribution in [0.2, 0.25) is 0 Å². The van der Waals surface area contributed by atoms with E-state index in [1.807, 2.05) is 19.1 Å². The van der Waals surface area contributed by atoms with Crippen LogP contribution in [0.3, 0.4) is 0 Å². The lowest BCUT2D eigenvalue weighted by Gasteiger charge is -2.09. The van der Waals surface area contributed by atoms with Crippen LogP contribution in [-0.4, -0.2) is 41.5 Å². The number of carbonyl (C=O) groups is 2. The molecule has 0 bridgehead atoms. The zero-order chi connectivity index (χ0) is 24.0. The molecule has 0 saturated carbocycles. The van der Waals surface area contributed by atoms with E-state index in [4.69, 9.17) is 5.11 Å². The molecule has 2 aromatic carbocycles. The fourth-order valence-corrected chi connectivity index (χ4v) is 4.88. The Balaban J connectivity index is 1.73. The van der Waals surface area contributed by atoms with Crippen molar-refractivity contribution < 1.29 is 27.7 Å². The Morgan fingerprint density at radius 2 is 1.79 bits per heavy atom. The molecule has 3 aromatic rings. The largest absolute Gasteiger partial charge is 0.480 e. The average molecular weight is 490 g/mol. The summed E-state index contributed by atoms with van der Waals surface area (Å²) in [6, 6.07) is 12.5. The topological polar surface area (TPSA) is 146 Å². The van der Waals surface area contributed by atoms with Gasteiger partial charge in [-0.1, -0.05) is 37.6 Å². The quantitative estimate of drug-likeness (QED) is 0.316. The van der Waals surface area contributed by atoms with Crippen molar-refractivity contribution in [2.45, 2.75) is 31.1 Å². The van der Waals surface area contributed by atoms with E-state index in [1.54, 1.807) is 12.1 Å². The highest BCUT2D eigenvalue weighted by Crippen LogP contribution is 2.27. The van der Waals surface area contributed by atoms with Crippen molar-refractivity contribution in [2.75, 3.05) is 17.2 Å². The lowest BCUT2D eigenvalue weighted by atomic mass is 10.1. The van der Waals surface area contributed by atoms with Crippen LogP contribution in [0.15, 0.2) is 53.4 Å². The van der Waals surface area contributed by atoms with E-state index >= 15 is 0 Å². The zero-order valence-corrected chi connectivity index (χ0v) is 19.4. The molecule has 0 aliphatic carbocycles. The molecule has 11 heteroatoms. The summed E-state index contributed by atoms with van der Waals surface area (Å²) >= 11 is 1.42. The maximum absolute atomic E-state index is 12.5. The summed E-state index contributed by atoms with van der Waals surface area (Å²) in [6.45, 7) is 1.85. The molecule has 9 nitrogen and oxygen atoms in total. The lowest BCUT2D eigenvalue weighted by Crippen LogP contribution is -2.16. The van der Waals surface area contributed by atoms with E-state index in [0.717, 1.165) is 35.0 Å². The first kappa shape index (κ1) is 24.4. The summed E-state index contributed by atoms with van der Waals surface area (Å²) in [4.78, 5) is 28.4. The standard InChI is InChI=1S/C22H23N3O6S2/c1-2-5-17-18(32-22(25-17)23-13-20(26)27)12-14-8-10-15(11-9-14)24-21(28)16-6-3-4-7-19(16)33(29,30)31/h3-4,6-11H,2,5,12-13H2,1H3,(H,23,25)(H,24,28)(H,26,27)(H,29,30,31). The van der Waals surface area contributed by atoms with Gasteiger partial charge in [0.1, 0.15) is 11.4 Å². The highest BCUT2D eigenvalue weighted by molar-refractivity contribution is 7.86. The predicted molar refractivity (Wildman–Crippen MR) is 126 cm³/mol. The van der Waals surface area contributed by atoms with Crippen molar-refractivity contribution in [3.63, 3.8) is 0 Å². The summed E-state index contributed by atoms with van der Waals surface area (Å²) in [5.41, 5.74) is 2.21. The first-order valence-corrected chi connectivity index (χ1v) is 12.3. The third-order valence-corrected chi connectivity index (χ3v) is 6.61. The van der Waals surface area contributed by atoms with Crippen molar-refractivity contribution in [3.8, 4) is 0 Å². The van der Waals surface area contributed by atoms with Gasteiger partial charge < -0.3 is 15.7 Å². The number of nitrogens with zero attached hydrogens (tertiary/aromatic N) is 1. The highest BCUT2D eigenvalue weighted by Gasteiger charge is 2.20. The maximum Gasteiger partial charge on any atom is 0.322 e. The van der Waals surface area contributed by atoms with E-state index in [9.17, 15) is 22.6 Å². The van der Waals surface area contributed by atoms with Crippen LogP contribution < -0.4 is 10.6 Å². The van der Waals surface area contributed by atoms with Gasteiger partial charge in [0, 0.05) is 17.0 Å². The number of nitrogens with one attached hydrogen (secondary N) is 2. The normalized spacial score (nSPS) is 11.2. The van der Waals surface area contributed by atoms with Gasteiger partial charge in [-0.25, -0.2) is 4.98 Å². The van der Waals surface area contributed by atoms with Crippen LogP contribution >= 0.6 is 11.3 Å². The minimum Gasteiger partial charge on any atom is -0.480 e. The summed E-state index contributed by atoms with van der Waals surface area (Å²) < 4.78 is 32.4. The number of carboxylic acids is 1. The lowest BCUT2D eigenvalue weighted by molar-refractivity contribution is -0.134. The van der Waals surface area contributed by atoms with Crippen LogP contribution in [-0.2, 0) is 27.8 Å². The van der Waals surface area contributed by atoms with Crippen molar-refractivity contribution in [3.05, 3.63) is 70.2 Å². The maximum atomic E-state index is 12.5. The molecule has 1 heterocycles. The molecule has 0 unspecified atom stereocenters. The predicted octanol–water partition coefficient (Wildman–Crippen LogP) is 3.68. The molecule has 3 rings (SSSR count). The van der Waals surface area contributed by atoms with Gasteiger partial charge in [0.25, 0.3) is 16.0 Å². The molecule has 0 atom stereocenters. The van der Waals surface area contributed by atoms with Gasteiger partial charge in [0.05, 0.1) is 11.3 Å². The fraction of sp³-hybridized carbons (Fsp3) is 0.227. The molecule has 0 aliphatic heterocycles. The second-order valence-electron chi connectivity index (χ2n) is 7.19. The van der Waals surface area contributed by atoms with Crippen LogP contribution in [0.25, 0.3) is 0 Å². The second-order valence-corrected chi connectivity index (χ2v) is 9.66. The van der Waals surface area contributed by atoms with Gasteiger partial charge in [-0.3, -0.25) is 14.1 Å². The Hall–Kier alpha value is -3.28. The zero-order valence-electron chi connectivity index (χ0n) is 17.7. The van der Waals surface area contributed by atoms with Gasteiger partial charge in [-0.2, -0.15) is 8.42 Å². The van der Waals surface area contributed by atoms with Gasteiger partial charge in [-0.05, 0) is 36.2 Å². The molecule has 174 valence electrons. The number of carbonyl (C=O) groups excluding carboxylic acids is 1. The van der Waals surface area contributed by atoms with E-state index in [1.165, 1.54) is 29.5 Å². The number of thiazole rings is 1. The van der Waals surface area contributed by atoms with Crippen LogP contribution in [0, 0.1) is 0 Å². The molecular weight excluding hydrogens is 466 g/mol. The Morgan fingerprint density at radius 3 is 2.42 bits per heavy atom. The number of aromatic nitrogens is 1. The number of carboxylic acid groups (broad SMARTS) is 1. The monoisotopic (exact) mass is 489 g/mol. The molecule has 0 spiro atoms. The highest BCUT2D eigenvalue weighted by atomic mass is 32.2. The molecule has 4 N–H and O–H groups in total. The smallest absolute Gasteiger partial charge is 0.322 e. The number of hydrogen-bond donors (Lipinski definition) is 4. The molecule has 0 fully saturated rings. The Labute approximate surface area is 195 Å². The van der Waals surface area contributed by atoms with Crippen molar-refractivity contribution >= 4 is 44.2 Å². The van der Waals surface area contributed by atoms with Crippen LogP contribution in [0.4, 0.5) is 10.8 Å². The van der Waals surface area contributed by atoms with E-state index in [0.29, 0.717) is 17.2 Å². The molecule has 0 aliphatic rings. The van der Waals surface area contributed by atoms with E-state index in [-0.39, 0.29) is 12.1 Å². The van der Waals surface area contributed by atoms with E-state index in [2.05, 4.69) is 15.6 Å². The average Bonchev–Trinajstić information content (AvgIpc) is 3.14. The number of aliphatic carboxylic acids is 1. The molecule has 33 heavy (non-hydrogen) atoms. The molecule has 1 aromatic heterocycles. The number of aryl methyl sites for hydroxylation is 1. The Kier molecular flexibility index (Phi) is 7.79. The number of hydrogen-bond acceptors (Lipinski definition) is 7. The third-order valence-electron chi connectivity index (χ3n) is 4.64. The third kappa shape index (κ3) is 6.60. The number of amides is 1. The van der Waals surface area contributed by atoms with Gasteiger partial charge in [0.2, 0.25) is 0 Å². The SMILES string of the molecule is CCCc1nc(NCC(=O)O)sc1Cc1ccc(NC(=O)c2ccccc2S(=O)(=O)O)cc1. The van der Waals surface area contributed by atoms with E-state index < -0.39 is 26.9 Å². The van der Waals surface area contributed by atoms with Crippen LogP contribution in [0.5, 0.6) is 0 Å². The summed E-state index contributed by atoms with van der Waals surface area (Å²) in [5.74, 6) is -1.61. The Bertz CT molecular complexity index is 1250. The second kappa shape index (κ2) is 10.6. The summed E-state index contributed by atoms with van der Waals surface area (Å²) in [6.07, 6.45) is 2.29. The Morgan fingerprint density at radius 1 is 1.09 bits per heavy atom. The number of benzene rings is 2. The van der Waals surface area contributed by atoms with Gasteiger partial charge in [0.15, 0.2) is 5.13 Å². The van der Waals surface area contributed by atoms with Gasteiger partial charge >= 0.3 is 5.97 Å². The first-order chi connectivity index (χ1) is 15.7.